The van der Waals surface area contributed by atoms with E-state index in [1.54, 1.807) is 68.4 Å². The van der Waals surface area contributed by atoms with Gasteiger partial charge in [-0.2, -0.15) is 0 Å². The van der Waals surface area contributed by atoms with E-state index in [1.807, 2.05) is 0 Å². The van der Waals surface area contributed by atoms with Crippen molar-refractivity contribution < 1.29 is 32.0 Å². The monoisotopic (exact) mass is 671 g/mol. The third-order valence-corrected chi connectivity index (χ3v) is 9.08. The van der Waals surface area contributed by atoms with Gasteiger partial charge in [0.1, 0.15) is 12.2 Å². The van der Waals surface area contributed by atoms with Crippen LogP contribution < -0.4 is 9.62 Å². The minimum absolute atomic E-state index is 0.0158. The van der Waals surface area contributed by atoms with E-state index in [9.17, 15) is 22.8 Å². The molecule has 236 valence electrons. The molecule has 10 nitrogen and oxygen atoms in total. The van der Waals surface area contributed by atoms with Gasteiger partial charge in [0.15, 0.2) is 0 Å². The maximum absolute atomic E-state index is 13.9. The van der Waals surface area contributed by atoms with Crippen molar-refractivity contribution in [3.8, 4) is 0 Å². The van der Waals surface area contributed by atoms with Gasteiger partial charge in [0.2, 0.25) is 5.91 Å². The predicted octanol–water partition coefficient (Wildman–Crippen LogP) is 6.54. The van der Waals surface area contributed by atoms with Crippen molar-refractivity contribution >= 4 is 62.4 Å². The first-order valence-corrected chi connectivity index (χ1v) is 16.2. The Balaban J connectivity index is 1.64. The number of nitrogens with zero attached hydrogens (tertiary/aromatic N) is 2. The summed E-state index contributed by atoms with van der Waals surface area (Å²) in [5, 5.41) is 3.18. The molecule has 0 spiro atoms. The zero-order chi connectivity index (χ0) is 32.6. The zero-order valence-electron chi connectivity index (χ0n) is 24.5. The van der Waals surface area contributed by atoms with Gasteiger partial charge >= 0.3 is 5.97 Å². The Morgan fingerprint density at radius 2 is 1.64 bits per heavy atom. The maximum Gasteiger partial charge on any atom is 0.315 e. The van der Waals surface area contributed by atoms with Crippen molar-refractivity contribution in [3.05, 3.63) is 112 Å². The third kappa shape index (κ3) is 8.44. The zero-order valence-corrected chi connectivity index (χ0v) is 26.9. The van der Waals surface area contributed by atoms with E-state index in [0.717, 1.165) is 0 Å². The molecule has 0 fully saturated rings. The highest BCUT2D eigenvalue weighted by atomic mass is 35.5. The van der Waals surface area contributed by atoms with Crippen LogP contribution in [0.5, 0.6) is 0 Å². The molecule has 0 saturated heterocycles. The Bertz CT molecular complexity index is 1760. The first-order chi connectivity index (χ1) is 21.5. The van der Waals surface area contributed by atoms with Crippen molar-refractivity contribution in [3.63, 3.8) is 0 Å². The van der Waals surface area contributed by atoms with Crippen LogP contribution >= 0.6 is 23.2 Å². The molecule has 0 saturated carbocycles. The molecule has 4 aromatic rings. The molecule has 0 unspecified atom stereocenters. The molecule has 0 aliphatic rings. The Labute approximate surface area is 271 Å². The number of halogens is 2. The highest BCUT2D eigenvalue weighted by Crippen LogP contribution is 2.32. The van der Waals surface area contributed by atoms with Gasteiger partial charge in [0.05, 0.1) is 40.6 Å². The lowest BCUT2D eigenvalue weighted by Gasteiger charge is -2.28. The van der Waals surface area contributed by atoms with E-state index in [-0.39, 0.29) is 47.6 Å². The molecule has 0 aliphatic carbocycles. The second-order valence-corrected chi connectivity index (χ2v) is 12.4. The average molecular weight is 673 g/mol. The number of benzene rings is 3. The lowest BCUT2D eigenvalue weighted by Crippen LogP contribution is -2.34. The molecular weight excluding hydrogens is 641 g/mol. The quantitative estimate of drug-likeness (QED) is 0.126. The maximum atomic E-state index is 13.9. The summed E-state index contributed by atoms with van der Waals surface area (Å²) in [5.74, 6) is -1.11. The van der Waals surface area contributed by atoms with Crippen molar-refractivity contribution in [2.24, 2.45) is 0 Å². The van der Waals surface area contributed by atoms with Gasteiger partial charge in [0.25, 0.3) is 15.9 Å². The lowest BCUT2D eigenvalue weighted by molar-refractivity contribution is -0.145. The predicted molar refractivity (Wildman–Crippen MR) is 172 cm³/mol. The van der Waals surface area contributed by atoms with Gasteiger partial charge in [-0.25, -0.2) is 8.42 Å². The molecule has 0 bridgehead atoms. The Morgan fingerprint density at radius 1 is 0.911 bits per heavy atom. The molecule has 1 heterocycles. The highest BCUT2D eigenvalue weighted by molar-refractivity contribution is 7.92. The lowest BCUT2D eigenvalue weighted by atomic mass is 10.1. The smallest absolute Gasteiger partial charge is 0.315 e. The molecule has 13 heteroatoms. The molecular formula is C32H31Cl2N3O7S. The van der Waals surface area contributed by atoms with Crippen LogP contribution in [-0.4, -0.2) is 44.3 Å². The second-order valence-electron chi connectivity index (χ2n) is 9.72. The SMILES string of the molecule is CCOC(=O)CC(=O)Nc1ccc(S(=O)(=O)N(CC)c2ccc(Cl)cc2CN(Cc2ccco2)C(=O)c2ccccc2Cl)cc1. The first kappa shape index (κ1) is 33.6. The molecule has 0 atom stereocenters. The number of sulfonamides is 1. The number of hydrogen-bond donors (Lipinski definition) is 1. The van der Waals surface area contributed by atoms with Gasteiger partial charge < -0.3 is 19.4 Å². The van der Waals surface area contributed by atoms with Crippen LogP contribution in [0.3, 0.4) is 0 Å². The minimum atomic E-state index is -4.12. The number of ether oxygens (including phenoxy) is 1. The number of anilines is 2. The highest BCUT2D eigenvalue weighted by Gasteiger charge is 2.28. The normalized spacial score (nSPS) is 11.1. The number of amides is 2. The Kier molecular flexibility index (Phi) is 11.3. The number of esters is 1. The second kappa shape index (κ2) is 15.1. The fraction of sp³-hybridized carbons (Fsp3) is 0.219. The summed E-state index contributed by atoms with van der Waals surface area (Å²) in [6.07, 6.45) is 1.04. The number of hydrogen-bond acceptors (Lipinski definition) is 7. The van der Waals surface area contributed by atoms with Crippen LogP contribution in [0.4, 0.5) is 11.4 Å². The third-order valence-electron chi connectivity index (χ3n) is 6.61. The summed E-state index contributed by atoms with van der Waals surface area (Å²) < 4.78 is 39.4. The number of furan rings is 1. The standard InChI is InChI=1S/C32H31Cl2N3O7S/c1-3-37(45(41,42)26-14-12-24(13-15-26)35-30(38)19-31(39)43-4-2)29-16-11-23(33)18-22(29)20-36(21-25-8-7-17-44-25)32(40)27-9-5-6-10-28(27)34/h5-18H,3-4,19-21H2,1-2H3,(H,35,38). The molecule has 0 aliphatic heterocycles. The summed E-state index contributed by atoms with van der Waals surface area (Å²) in [7, 11) is -4.12. The number of carbonyl (C=O) groups excluding carboxylic acids is 3. The van der Waals surface area contributed by atoms with Crippen molar-refractivity contribution in [1.82, 2.24) is 4.90 Å². The summed E-state index contributed by atoms with van der Waals surface area (Å²) >= 11 is 12.7. The average Bonchev–Trinajstić information content (AvgIpc) is 3.51. The van der Waals surface area contributed by atoms with Crippen LogP contribution in [0, 0.1) is 0 Å². The van der Waals surface area contributed by atoms with Crippen LogP contribution in [0.1, 0.15) is 41.9 Å². The molecule has 45 heavy (non-hydrogen) atoms. The van der Waals surface area contributed by atoms with Crippen molar-refractivity contribution in [2.75, 3.05) is 22.8 Å². The van der Waals surface area contributed by atoms with Gasteiger partial charge in [-0.3, -0.25) is 18.7 Å². The molecule has 0 radical (unpaired) electrons. The van der Waals surface area contributed by atoms with Crippen LogP contribution in [-0.2, 0) is 37.4 Å². The first-order valence-electron chi connectivity index (χ1n) is 14.0. The summed E-state index contributed by atoms with van der Waals surface area (Å²) in [5.41, 5.74) is 1.39. The number of rotatable bonds is 13. The van der Waals surface area contributed by atoms with E-state index in [4.69, 9.17) is 32.4 Å². The topological polar surface area (TPSA) is 126 Å². The van der Waals surface area contributed by atoms with Crippen LogP contribution in [0.15, 0.2) is 94.4 Å². The van der Waals surface area contributed by atoms with E-state index in [1.165, 1.54) is 39.7 Å². The molecule has 4 rings (SSSR count). The Morgan fingerprint density at radius 3 is 2.29 bits per heavy atom. The minimum Gasteiger partial charge on any atom is -0.467 e. The van der Waals surface area contributed by atoms with E-state index >= 15 is 0 Å². The largest absolute Gasteiger partial charge is 0.467 e. The van der Waals surface area contributed by atoms with Gasteiger partial charge in [-0.05, 0) is 86.1 Å². The summed E-state index contributed by atoms with van der Waals surface area (Å²) in [6, 6.07) is 20.5. The van der Waals surface area contributed by atoms with Gasteiger partial charge in [-0.15, -0.1) is 0 Å². The van der Waals surface area contributed by atoms with Crippen LogP contribution in [0.2, 0.25) is 10.0 Å². The number of nitrogens with one attached hydrogen (secondary N) is 1. The Hall–Kier alpha value is -4.32. The van der Waals surface area contributed by atoms with E-state index < -0.39 is 28.3 Å². The molecule has 3 aromatic carbocycles. The number of carbonyl (C=O) groups is 3. The van der Waals surface area contributed by atoms with Crippen LogP contribution in [0.25, 0.3) is 0 Å². The van der Waals surface area contributed by atoms with Gasteiger partial charge in [-0.1, -0.05) is 35.3 Å². The van der Waals surface area contributed by atoms with Crippen molar-refractivity contribution in [1.29, 1.82) is 0 Å². The summed E-state index contributed by atoms with van der Waals surface area (Å²) in [4.78, 5) is 38.9. The summed E-state index contributed by atoms with van der Waals surface area (Å²) in [6.45, 7) is 3.62. The molecule has 1 N–H and O–H groups in total. The van der Waals surface area contributed by atoms with Crippen molar-refractivity contribution in [2.45, 2.75) is 38.3 Å². The van der Waals surface area contributed by atoms with E-state index in [0.29, 0.717) is 27.7 Å². The van der Waals surface area contributed by atoms with E-state index in [2.05, 4.69) is 5.32 Å². The molecule has 2 amide bonds. The molecule has 1 aromatic heterocycles. The fourth-order valence-corrected chi connectivity index (χ4v) is 6.50. The fourth-order valence-electron chi connectivity index (χ4n) is 4.58. The van der Waals surface area contributed by atoms with Gasteiger partial charge in [0, 0.05) is 23.8 Å².